The third-order valence-corrected chi connectivity index (χ3v) is 4.69. The van der Waals surface area contributed by atoms with E-state index in [-0.39, 0.29) is 11.4 Å². The molecule has 8 nitrogen and oxygen atoms in total. The van der Waals surface area contributed by atoms with Gasteiger partial charge < -0.3 is 10.1 Å². The van der Waals surface area contributed by atoms with Gasteiger partial charge in [0.2, 0.25) is 5.91 Å². The number of amides is 4. The maximum Gasteiger partial charge on any atom is 0.337 e. The van der Waals surface area contributed by atoms with E-state index in [0.29, 0.717) is 16.3 Å². The number of allylic oxidation sites excluding steroid dienone is 1. The Morgan fingerprint density at radius 3 is 2.50 bits per heavy atom. The summed E-state index contributed by atoms with van der Waals surface area (Å²) in [5.41, 5.74) is 1.31. The van der Waals surface area contributed by atoms with Gasteiger partial charge in [-0.1, -0.05) is 23.7 Å². The van der Waals surface area contributed by atoms with Gasteiger partial charge in [-0.25, -0.2) is 14.5 Å². The summed E-state index contributed by atoms with van der Waals surface area (Å²) in [5, 5.41) is 5.63. The fourth-order valence-corrected chi connectivity index (χ4v) is 3.13. The fourth-order valence-electron chi connectivity index (χ4n) is 3.00. The molecule has 1 heterocycles. The lowest BCUT2D eigenvalue weighted by Gasteiger charge is -2.31. The molecule has 0 aromatic heterocycles. The highest BCUT2D eigenvalue weighted by Crippen LogP contribution is 2.27. The molecular formula is C21H18ClN3O5. The van der Waals surface area contributed by atoms with Crippen LogP contribution in [0, 0.1) is 5.92 Å². The van der Waals surface area contributed by atoms with E-state index in [4.69, 9.17) is 16.3 Å². The number of rotatable bonds is 5. The number of nitrogens with zero attached hydrogens (tertiary/aromatic N) is 1. The highest BCUT2D eigenvalue weighted by atomic mass is 35.5. The van der Waals surface area contributed by atoms with Crippen molar-refractivity contribution in [3.8, 4) is 0 Å². The van der Waals surface area contributed by atoms with E-state index in [1.807, 2.05) is 0 Å². The van der Waals surface area contributed by atoms with Crippen LogP contribution in [0.5, 0.6) is 0 Å². The van der Waals surface area contributed by atoms with Crippen molar-refractivity contribution in [3.63, 3.8) is 0 Å². The van der Waals surface area contributed by atoms with Gasteiger partial charge in [0.1, 0.15) is 0 Å². The molecule has 0 spiro atoms. The molecule has 3 rings (SSSR count). The average Bonchev–Trinajstić information content (AvgIpc) is 2.73. The molecular weight excluding hydrogens is 410 g/mol. The molecule has 1 saturated heterocycles. The van der Waals surface area contributed by atoms with Crippen LogP contribution >= 0.6 is 11.6 Å². The Bertz CT molecular complexity index is 1050. The number of hydrogen-bond donors (Lipinski definition) is 2. The fraction of sp³-hybridized carbons (Fsp3) is 0.143. The lowest BCUT2D eigenvalue weighted by Crippen LogP contribution is -2.59. The van der Waals surface area contributed by atoms with E-state index >= 15 is 0 Å². The molecule has 0 unspecified atom stereocenters. The van der Waals surface area contributed by atoms with Crippen LogP contribution in [0.3, 0.4) is 0 Å². The van der Waals surface area contributed by atoms with Gasteiger partial charge in [0.25, 0.3) is 5.91 Å². The first-order chi connectivity index (χ1) is 14.3. The summed E-state index contributed by atoms with van der Waals surface area (Å²) in [6, 6.07) is 11.7. The Morgan fingerprint density at radius 1 is 1.17 bits per heavy atom. The van der Waals surface area contributed by atoms with Crippen LogP contribution in [0.15, 0.2) is 60.3 Å². The number of nitrogens with one attached hydrogen (secondary N) is 2. The molecule has 0 saturated carbocycles. The topological polar surface area (TPSA) is 105 Å². The molecule has 1 aliphatic heterocycles. The van der Waals surface area contributed by atoms with Crippen LogP contribution in [0.4, 0.5) is 16.2 Å². The van der Waals surface area contributed by atoms with E-state index in [1.165, 1.54) is 37.4 Å². The SMILES string of the molecule is C/C=C(/Nc1cccc(C(=O)OC)c1)[C@@H]1C(=O)NC(=O)N(c2ccc(Cl)cc2)C1=O. The number of carbonyl (C=O) groups is 4. The number of benzene rings is 2. The van der Waals surface area contributed by atoms with Crippen molar-refractivity contribution in [3.05, 3.63) is 70.9 Å². The molecule has 0 bridgehead atoms. The van der Waals surface area contributed by atoms with Gasteiger partial charge in [0.05, 0.1) is 18.4 Å². The minimum atomic E-state index is -1.29. The van der Waals surface area contributed by atoms with Gasteiger partial charge in [-0.2, -0.15) is 0 Å². The third kappa shape index (κ3) is 4.18. The van der Waals surface area contributed by atoms with Crippen molar-refractivity contribution < 1.29 is 23.9 Å². The summed E-state index contributed by atoms with van der Waals surface area (Å²) < 4.78 is 4.70. The van der Waals surface area contributed by atoms with Crippen LogP contribution in [0.25, 0.3) is 0 Å². The molecule has 0 radical (unpaired) electrons. The second-order valence-electron chi connectivity index (χ2n) is 6.32. The van der Waals surface area contributed by atoms with E-state index in [1.54, 1.807) is 31.2 Å². The molecule has 2 N–H and O–H groups in total. The van der Waals surface area contributed by atoms with Crippen molar-refractivity contribution >= 4 is 46.8 Å². The van der Waals surface area contributed by atoms with Gasteiger partial charge in [-0.3, -0.25) is 14.9 Å². The molecule has 1 atom stereocenters. The maximum atomic E-state index is 13.1. The van der Waals surface area contributed by atoms with Crippen LogP contribution in [0.1, 0.15) is 17.3 Å². The Hall–Kier alpha value is -3.65. The number of carbonyl (C=O) groups excluding carboxylic acids is 4. The smallest absolute Gasteiger partial charge is 0.337 e. The molecule has 2 aromatic rings. The third-order valence-electron chi connectivity index (χ3n) is 4.44. The average molecular weight is 428 g/mol. The lowest BCUT2D eigenvalue weighted by molar-refractivity contribution is -0.132. The standard InChI is InChI=1S/C21H18ClN3O5/c1-3-16(23-14-6-4-5-12(11-14)20(28)30-2)17-18(26)24-21(29)25(19(17)27)15-9-7-13(22)8-10-15/h3-11,17,23H,1-2H3,(H,24,26,29)/b16-3+/t17-/m1/s1. The summed E-state index contributed by atoms with van der Waals surface area (Å²) >= 11 is 5.87. The van der Waals surface area contributed by atoms with Crippen LogP contribution < -0.4 is 15.5 Å². The van der Waals surface area contributed by atoms with Crippen molar-refractivity contribution in [2.75, 3.05) is 17.3 Å². The normalized spacial score (nSPS) is 16.9. The summed E-state index contributed by atoms with van der Waals surface area (Å²) in [6.45, 7) is 1.65. The minimum absolute atomic E-state index is 0.256. The number of urea groups is 1. The van der Waals surface area contributed by atoms with E-state index in [2.05, 4.69) is 10.6 Å². The van der Waals surface area contributed by atoms with Crippen molar-refractivity contribution in [1.82, 2.24) is 5.32 Å². The Labute approximate surface area is 177 Å². The van der Waals surface area contributed by atoms with Gasteiger partial charge >= 0.3 is 12.0 Å². The van der Waals surface area contributed by atoms with Gasteiger partial charge in [-0.15, -0.1) is 0 Å². The minimum Gasteiger partial charge on any atom is -0.465 e. The van der Waals surface area contributed by atoms with Gasteiger partial charge in [0.15, 0.2) is 5.92 Å². The number of esters is 1. The molecule has 0 aliphatic carbocycles. The molecule has 4 amide bonds. The zero-order valence-corrected chi connectivity index (χ0v) is 16.9. The quantitative estimate of drug-likeness (QED) is 0.560. The number of ether oxygens (including phenoxy) is 1. The van der Waals surface area contributed by atoms with Crippen molar-refractivity contribution in [1.29, 1.82) is 0 Å². The van der Waals surface area contributed by atoms with Crippen molar-refractivity contribution in [2.45, 2.75) is 6.92 Å². The molecule has 1 aliphatic rings. The molecule has 9 heteroatoms. The maximum absolute atomic E-state index is 13.1. The second-order valence-corrected chi connectivity index (χ2v) is 6.76. The van der Waals surface area contributed by atoms with Crippen LogP contribution in [-0.2, 0) is 14.3 Å². The molecule has 1 fully saturated rings. The first kappa shape index (κ1) is 21.1. The van der Waals surface area contributed by atoms with Crippen LogP contribution in [-0.4, -0.2) is 30.9 Å². The summed E-state index contributed by atoms with van der Waals surface area (Å²) in [4.78, 5) is 50.6. The monoisotopic (exact) mass is 427 g/mol. The number of halogens is 1. The van der Waals surface area contributed by atoms with E-state index < -0.39 is 29.7 Å². The number of barbiturate groups is 1. The zero-order chi connectivity index (χ0) is 21.8. The van der Waals surface area contributed by atoms with E-state index in [9.17, 15) is 19.2 Å². The summed E-state index contributed by atoms with van der Waals surface area (Å²) in [7, 11) is 1.27. The van der Waals surface area contributed by atoms with Crippen LogP contribution in [0.2, 0.25) is 5.02 Å². The highest BCUT2D eigenvalue weighted by Gasteiger charge is 2.43. The first-order valence-corrected chi connectivity index (χ1v) is 9.29. The largest absolute Gasteiger partial charge is 0.465 e. The molecule has 154 valence electrons. The Morgan fingerprint density at radius 2 is 1.87 bits per heavy atom. The zero-order valence-electron chi connectivity index (χ0n) is 16.1. The number of hydrogen-bond acceptors (Lipinski definition) is 6. The Kier molecular flexibility index (Phi) is 6.17. The lowest BCUT2D eigenvalue weighted by atomic mass is 9.99. The Balaban J connectivity index is 1.91. The first-order valence-electron chi connectivity index (χ1n) is 8.91. The highest BCUT2D eigenvalue weighted by molar-refractivity contribution is 6.31. The predicted molar refractivity (Wildman–Crippen MR) is 111 cm³/mol. The second kappa shape index (κ2) is 8.79. The predicted octanol–water partition coefficient (Wildman–Crippen LogP) is 3.34. The van der Waals surface area contributed by atoms with Gasteiger partial charge in [0, 0.05) is 16.4 Å². The number of imide groups is 2. The number of anilines is 2. The summed E-state index contributed by atoms with van der Waals surface area (Å²) in [5.74, 6) is -3.27. The summed E-state index contributed by atoms with van der Waals surface area (Å²) in [6.07, 6.45) is 1.56. The number of methoxy groups -OCH3 is 1. The van der Waals surface area contributed by atoms with Gasteiger partial charge in [-0.05, 0) is 49.4 Å². The van der Waals surface area contributed by atoms with Crippen molar-refractivity contribution in [2.24, 2.45) is 5.92 Å². The van der Waals surface area contributed by atoms with E-state index in [0.717, 1.165) is 4.90 Å². The molecule has 2 aromatic carbocycles. The molecule has 30 heavy (non-hydrogen) atoms.